The van der Waals surface area contributed by atoms with E-state index in [1.54, 1.807) is 12.1 Å². The average molecular weight is 237 g/mol. The minimum Gasteiger partial charge on any atom is -0.477 e. The van der Waals surface area contributed by atoms with E-state index in [4.69, 9.17) is 5.11 Å². The number of benzene rings is 1. The Kier molecular flexibility index (Phi) is 2.96. The fourth-order valence-corrected chi connectivity index (χ4v) is 2.10. The fraction of sp³-hybridized carbons (Fsp3) is 0.0909. The Balaban J connectivity index is 2.17. The van der Waals surface area contributed by atoms with Gasteiger partial charge in [0.25, 0.3) is 0 Å². The molecule has 1 aromatic heterocycles. The molecule has 0 aliphatic carbocycles. The number of halogens is 1. The van der Waals surface area contributed by atoms with Crippen LogP contribution in [0.2, 0.25) is 0 Å². The summed E-state index contributed by atoms with van der Waals surface area (Å²) in [6, 6.07) is 6.19. The summed E-state index contributed by atoms with van der Waals surface area (Å²) < 4.78 is 12.9. The van der Waals surface area contributed by atoms with Crippen LogP contribution in [0.4, 0.5) is 4.39 Å². The molecule has 0 saturated heterocycles. The number of carboxylic acid groups (broad SMARTS) is 1. The maximum Gasteiger partial charge on any atom is 0.347 e. The van der Waals surface area contributed by atoms with Crippen LogP contribution in [0.5, 0.6) is 0 Å². The summed E-state index contributed by atoms with van der Waals surface area (Å²) in [6.07, 6.45) is 1.78. The van der Waals surface area contributed by atoms with Crippen LogP contribution in [0.15, 0.2) is 30.5 Å². The number of rotatable bonds is 3. The summed E-state index contributed by atoms with van der Waals surface area (Å²) in [6.45, 7) is 0. The van der Waals surface area contributed by atoms with Gasteiger partial charge in [0.15, 0.2) is 0 Å². The summed E-state index contributed by atoms with van der Waals surface area (Å²) in [5.74, 6) is -1.28. The zero-order valence-corrected chi connectivity index (χ0v) is 9.00. The van der Waals surface area contributed by atoms with Crippen molar-refractivity contribution in [3.63, 3.8) is 0 Å². The second-order valence-electron chi connectivity index (χ2n) is 3.23. The van der Waals surface area contributed by atoms with Gasteiger partial charge in [0.05, 0.1) is 11.2 Å². The largest absolute Gasteiger partial charge is 0.477 e. The second-order valence-corrected chi connectivity index (χ2v) is 4.35. The van der Waals surface area contributed by atoms with Crippen molar-refractivity contribution in [3.8, 4) is 0 Å². The normalized spacial score (nSPS) is 10.3. The quantitative estimate of drug-likeness (QED) is 0.892. The summed E-state index contributed by atoms with van der Waals surface area (Å²) in [5.41, 5.74) is 0.784. The molecule has 0 aliphatic rings. The lowest BCUT2D eigenvalue weighted by atomic mass is 10.1. The molecule has 0 atom stereocenters. The molecule has 0 amide bonds. The Labute approximate surface area is 95.2 Å². The van der Waals surface area contributed by atoms with Crippen LogP contribution in [0, 0.1) is 5.82 Å². The second kappa shape index (κ2) is 4.40. The molecule has 2 rings (SSSR count). The third-order valence-electron chi connectivity index (χ3n) is 2.01. The SMILES string of the molecule is O=C(O)c1cnc(Cc2cccc(F)c2)s1. The minimum atomic E-state index is -0.983. The maximum absolute atomic E-state index is 12.9. The number of carboxylic acids is 1. The third-order valence-corrected chi connectivity index (χ3v) is 2.99. The summed E-state index contributed by atoms with van der Waals surface area (Å²) in [7, 11) is 0. The van der Waals surface area contributed by atoms with Crippen LogP contribution in [-0.4, -0.2) is 16.1 Å². The molecule has 82 valence electrons. The van der Waals surface area contributed by atoms with Gasteiger partial charge >= 0.3 is 5.97 Å². The molecule has 0 bridgehead atoms. The van der Waals surface area contributed by atoms with E-state index in [-0.39, 0.29) is 10.7 Å². The molecule has 3 nitrogen and oxygen atoms in total. The fourth-order valence-electron chi connectivity index (χ4n) is 1.31. The van der Waals surface area contributed by atoms with Gasteiger partial charge in [-0.3, -0.25) is 0 Å². The Hall–Kier alpha value is -1.75. The third kappa shape index (κ3) is 2.43. The number of aromatic carboxylic acids is 1. The van der Waals surface area contributed by atoms with E-state index in [1.807, 2.05) is 0 Å². The van der Waals surface area contributed by atoms with Crippen LogP contribution in [0.3, 0.4) is 0 Å². The number of thiazole rings is 1. The van der Waals surface area contributed by atoms with E-state index >= 15 is 0 Å². The van der Waals surface area contributed by atoms with E-state index in [9.17, 15) is 9.18 Å². The number of nitrogens with zero attached hydrogens (tertiary/aromatic N) is 1. The molecule has 0 aliphatic heterocycles. The standard InChI is InChI=1S/C11H8FNO2S/c12-8-3-1-2-7(4-8)5-10-13-6-9(16-10)11(14)15/h1-4,6H,5H2,(H,14,15). The van der Waals surface area contributed by atoms with Crippen molar-refractivity contribution in [2.45, 2.75) is 6.42 Å². The predicted molar refractivity (Wildman–Crippen MR) is 58.3 cm³/mol. The lowest BCUT2D eigenvalue weighted by molar-refractivity contribution is 0.0702. The number of aromatic nitrogens is 1. The van der Waals surface area contributed by atoms with Crippen LogP contribution in [0.1, 0.15) is 20.2 Å². The van der Waals surface area contributed by atoms with E-state index in [0.717, 1.165) is 16.9 Å². The van der Waals surface area contributed by atoms with Crippen molar-refractivity contribution in [3.05, 3.63) is 51.7 Å². The molecule has 1 N–H and O–H groups in total. The molecule has 16 heavy (non-hydrogen) atoms. The molecule has 0 fully saturated rings. The highest BCUT2D eigenvalue weighted by molar-refractivity contribution is 7.13. The first kappa shape index (κ1) is 10.8. The van der Waals surface area contributed by atoms with E-state index in [1.165, 1.54) is 18.3 Å². The highest BCUT2D eigenvalue weighted by atomic mass is 32.1. The van der Waals surface area contributed by atoms with Crippen LogP contribution >= 0.6 is 11.3 Å². The summed E-state index contributed by atoms with van der Waals surface area (Å²) in [4.78, 5) is 14.8. The molecular formula is C11H8FNO2S. The molecule has 2 aromatic rings. The monoisotopic (exact) mass is 237 g/mol. The Morgan fingerprint density at radius 1 is 1.50 bits per heavy atom. The van der Waals surface area contributed by atoms with Gasteiger partial charge in [-0.05, 0) is 17.7 Å². The molecule has 0 unspecified atom stereocenters. The summed E-state index contributed by atoms with van der Waals surface area (Å²) in [5, 5.41) is 9.39. The van der Waals surface area contributed by atoms with E-state index < -0.39 is 5.97 Å². The van der Waals surface area contributed by atoms with E-state index in [2.05, 4.69) is 4.98 Å². The molecule has 0 radical (unpaired) electrons. The Bertz CT molecular complexity index is 524. The zero-order chi connectivity index (χ0) is 11.5. The highest BCUT2D eigenvalue weighted by Gasteiger charge is 2.08. The smallest absolute Gasteiger partial charge is 0.347 e. The topological polar surface area (TPSA) is 50.2 Å². The lowest BCUT2D eigenvalue weighted by Crippen LogP contribution is -1.89. The summed E-state index contributed by atoms with van der Waals surface area (Å²) >= 11 is 1.11. The van der Waals surface area contributed by atoms with Crippen molar-refractivity contribution < 1.29 is 14.3 Å². The molecule has 1 aromatic carbocycles. The van der Waals surface area contributed by atoms with Gasteiger partial charge < -0.3 is 5.11 Å². The van der Waals surface area contributed by atoms with Gasteiger partial charge in [0.2, 0.25) is 0 Å². The number of carbonyl (C=O) groups is 1. The van der Waals surface area contributed by atoms with Gasteiger partial charge in [-0.15, -0.1) is 11.3 Å². The minimum absolute atomic E-state index is 0.200. The van der Waals surface area contributed by atoms with Gasteiger partial charge in [-0.2, -0.15) is 0 Å². The lowest BCUT2D eigenvalue weighted by Gasteiger charge is -1.97. The molecule has 0 spiro atoms. The van der Waals surface area contributed by atoms with Gasteiger partial charge in [0.1, 0.15) is 10.7 Å². The molecule has 1 heterocycles. The Morgan fingerprint density at radius 3 is 2.94 bits per heavy atom. The maximum atomic E-state index is 12.9. The van der Waals surface area contributed by atoms with Crippen molar-refractivity contribution >= 4 is 17.3 Å². The molecule has 5 heteroatoms. The first-order valence-electron chi connectivity index (χ1n) is 4.57. The predicted octanol–water partition coefficient (Wildman–Crippen LogP) is 2.57. The van der Waals surface area contributed by atoms with Crippen molar-refractivity contribution in [1.29, 1.82) is 0 Å². The zero-order valence-electron chi connectivity index (χ0n) is 8.18. The van der Waals surface area contributed by atoms with Crippen LogP contribution < -0.4 is 0 Å². The Morgan fingerprint density at radius 2 is 2.31 bits per heavy atom. The van der Waals surface area contributed by atoms with Crippen molar-refractivity contribution in [2.75, 3.05) is 0 Å². The van der Waals surface area contributed by atoms with E-state index in [0.29, 0.717) is 11.4 Å². The number of hydrogen-bond acceptors (Lipinski definition) is 3. The first-order chi connectivity index (χ1) is 7.65. The van der Waals surface area contributed by atoms with Crippen molar-refractivity contribution in [1.82, 2.24) is 4.98 Å². The van der Waals surface area contributed by atoms with Crippen LogP contribution in [-0.2, 0) is 6.42 Å². The average Bonchev–Trinajstić information content (AvgIpc) is 2.66. The van der Waals surface area contributed by atoms with Gasteiger partial charge in [0, 0.05) is 6.42 Å². The van der Waals surface area contributed by atoms with Gasteiger partial charge in [-0.1, -0.05) is 12.1 Å². The first-order valence-corrected chi connectivity index (χ1v) is 5.39. The highest BCUT2D eigenvalue weighted by Crippen LogP contribution is 2.17. The van der Waals surface area contributed by atoms with Gasteiger partial charge in [-0.25, -0.2) is 14.2 Å². The number of hydrogen-bond donors (Lipinski definition) is 1. The van der Waals surface area contributed by atoms with Crippen molar-refractivity contribution in [2.24, 2.45) is 0 Å². The molecule has 0 saturated carbocycles. The van der Waals surface area contributed by atoms with Crippen LogP contribution in [0.25, 0.3) is 0 Å². The molecular weight excluding hydrogens is 229 g/mol.